The van der Waals surface area contributed by atoms with Gasteiger partial charge >= 0.3 is 0 Å². The van der Waals surface area contributed by atoms with Gasteiger partial charge in [0.05, 0.1) is 11.5 Å². The molecule has 0 aromatic heterocycles. The van der Waals surface area contributed by atoms with E-state index in [1.54, 1.807) is 31.3 Å². The second kappa shape index (κ2) is 6.65. The van der Waals surface area contributed by atoms with Gasteiger partial charge in [0.15, 0.2) is 9.84 Å². The van der Waals surface area contributed by atoms with Crippen molar-refractivity contribution in [1.29, 1.82) is 0 Å². The van der Waals surface area contributed by atoms with Crippen molar-refractivity contribution in [1.82, 2.24) is 4.90 Å². The van der Waals surface area contributed by atoms with Crippen molar-refractivity contribution in [3.63, 3.8) is 0 Å². The minimum Gasteiger partial charge on any atom is -0.457 e. The van der Waals surface area contributed by atoms with Gasteiger partial charge in [0, 0.05) is 18.7 Å². The van der Waals surface area contributed by atoms with Crippen molar-refractivity contribution in [2.45, 2.75) is 12.5 Å². The molecule has 1 unspecified atom stereocenters. The molecule has 1 saturated heterocycles. The average molecular weight is 345 g/mol. The molecule has 1 aliphatic rings. The van der Waals surface area contributed by atoms with Crippen LogP contribution in [-0.4, -0.2) is 43.8 Å². The van der Waals surface area contributed by atoms with Crippen LogP contribution in [0.15, 0.2) is 54.6 Å². The Bertz CT molecular complexity index is 816. The number of rotatable bonds is 4. The standard InChI is InChI=1S/C18H19NO4S/c1-19(15-11-12-24(21,22)13-15)18(20)14-7-9-17(10-8-14)23-16-5-3-2-4-6-16/h2-10,15H,11-13H2,1H3. The lowest BCUT2D eigenvalue weighted by molar-refractivity contribution is 0.0747. The number of benzene rings is 2. The highest BCUT2D eigenvalue weighted by Crippen LogP contribution is 2.23. The number of ether oxygens (including phenoxy) is 1. The van der Waals surface area contributed by atoms with Crippen molar-refractivity contribution in [3.8, 4) is 11.5 Å². The molecule has 1 amide bonds. The molecule has 1 heterocycles. The van der Waals surface area contributed by atoms with Crippen LogP contribution in [0.4, 0.5) is 0 Å². The van der Waals surface area contributed by atoms with E-state index in [0.29, 0.717) is 17.7 Å². The van der Waals surface area contributed by atoms with E-state index in [-0.39, 0.29) is 23.5 Å². The predicted octanol–water partition coefficient (Wildman–Crippen LogP) is 2.74. The molecule has 0 aliphatic carbocycles. The van der Waals surface area contributed by atoms with Crippen LogP contribution in [0.1, 0.15) is 16.8 Å². The Morgan fingerprint density at radius 3 is 2.25 bits per heavy atom. The van der Waals surface area contributed by atoms with Crippen molar-refractivity contribution in [2.75, 3.05) is 18.6 Å². The van der Waals surface area contributed by atoms with E-state index >= 15 is 0 Å². The Balaban J connectivity index is 1.67. The van der Waals surface area contributed by atoms with Gasteiger partial charge in [0.25, 0.3) is 5.91 Å². The van der Waals surface area contributed by atoms with E-state index in [1.165, 1.54) is 4.90 Å². The zero-order valence-corrected chi connectivity index (χ0v) is 14.2. The normalized spacial score (nSPS) is 19.0. The molecule has 1 fully saturated rings. The van der Waals surface area contributed by atoms with Gasteiger partial charge in [-0.1, -0.05) is 18.2 Å². The van der Waals surface area contributed by atoms with Crippen LogP contribution < -0.4 is 4.74 Å². The summed E-state index contributed by atoms with van der Waals surface area (Å²) < 4.78 is 28.8. The zero-order valence-electron chi connectivity index (χ0n) is 13.4. The Labute approximate surface area is 141 Å². The highest BCUT2D eigenvalue weighted by molar-refractivity contribution is 7.91. The fourth-order valence-corrected chi connectivity index (χ4v) is 4.51. The first-order chi connectivity index (χ1) is 11.4. The lowest BCUT2D eigenvalue weighted by Gasteiger charge is -2.23. The number of para-hydroxylation sites is 1. The largest absolute Gasteiger partial charge is 0.457 e. The number of hydrogen-bond donors (Lipinski definition) is 0. The maximum Gasteiger partial charge on any atom is 0.253 e. The smallest absolute Gasteiger partial charge is 0.253 e. The molecule has 0 bridgehead atoms. The summed E-state index contributed by atoms with van der Waals surface area (Å²) in [7, 11) is -1.36. The van der Waals surface area contributed by atoms with Crippen LogP contribution >= 0.6 is 0 Å². The highest BCUT2D eigenvalue weighted by atomic mass is 32.2. The number of amides is 1. The fourth-order valence-electron chi connectivity index (χ4n) is 2.74. The van der Waals surface area contributed by atoms with Gasteiger partial charge in [-0.05, 0) is 42.8 Å². The van der Waals surface area contributed by atoms with Crippen LogP contribution in [0.25, 0.3) is 0 Å². The minimum atomic E-state index is -3.01. The summed E-state index contributed by atoms with van der Waals surface area (Å²) in [6.45, 7) is 0. The number of sulfone groups is 1. The summed E-state index contributed by atoms with van der Waals surface area (Å²) in [5, 5.41) is 0. The van der Waals surface area contributed by atoms with Gasteiger partial charge in [0.1, 0.15) is 11.5 Å². The van der Waals surface area contributed by atoms with E-state index in [1.807, 2.05) is 30.3 Å². The molecule has 6 heteroatoms. The Morgan fingerprint density at radius 2 is 1.67 bits per heavy atom. The van der Waals surface area contributed by atoms with Gasteiger partial charge < -0.3 is 9.64 Å². The molecule has 5 nitrogen and oxygen atoms in total. The molecule has 0 N–H and O–H groups in total. The lowest BCUT2D eigenvalue weighted by Crippen LogP contribution is -2.37. The van der Waals surface area contributed by atoms with Crippen molar-refractivity contribution < 1.29 is 17.9 Å². The van der Waals surface area contributed by atoms with Gasteiger partial charge in [-0.25, -0.2) is 8.42 Å². The van der Waals surface area contributed by atoms with E-state index in [9.17, 15) is 13.2 Å². The minimum absolute atomic E-state index is 0.0461. The summed E-state index contributed by atoms with van der Waals surface area (Å²) >= 11 is 0. The lowest BCUT2D eigenvalue weighted by atomic mass is 10.1. The number of carbonyl (C=O) groups is 1. The molecule has 0 radical (unpaired) electrons. The molecular formula is C18H19NO4S. The van der Waals surface area contributed by atoms with Crippen molar-refractivity contribution in [3.05, 3.63) is 60.2 Å². The third-order valence-corrected chi connectivity index (χ3v) is 5.91. The highest BCUT2D eigenvalue weighted by Gasteiger charge is 2.32. The molecule has 24 heavy (non-hydrogen) atoms. The maximum atomic E-state index is 12.5. The summed E-state index contributed by atoms with van der Waals surface area (Å²) in [5.74, 6) is 1.39. The van der Waals surface area contributed by atoms with Crippen LogP contribution in [-0.2, 0) is 9.84 Å². The summed E-state index contributed by atoms with van der Waals surface area (Å²) in [4.78, 5) is 14.0. The summed E-state index contributed by atoms with van der Waals surface area (Å²) in [6.07, 6.45) is 0.500. The SMILES string of the molecule is CN(C(=O)c1ccc(Oc2ccccc2)cc1)C1CCS(=O)(=O)C1. The third-order valence-electron chi connectivity index (χ3n) is 4.16. The van der Waals surface area contributed by atoms with Gasteiger partial charge in [-0.2, -0.15) is 0 Å². The fraction of sp³-hybridized carbons (Fsp3) is 0.278. The van der Waals surface area contributed by atoms with E-state index in [4.69, 9.17) is 4.74 Å². The maximum absolute atomic E-state index is 12.5. The van der Waals surface area contributed by atoms with E-state index < -0.39 is 9.84 Å². The first kappa shape index (κ1) is 16.5. The molecule has 2 aromatic rings. The monoisotopic (exact) mass is 345 g/mol. The summed E-state index contributed by atoms with van der Waals surface area (Å²) in [5.41, 5.74) is 0.516. The van der Waals surface area contributed by atoms with E-state index in [0.717, 1.165) is 5.75 Å². The van der Waals surface area contributed by atoms with Crippen molar-refractivity contribution in [2.24, 2.45) is 0 Å². The number of carbonyl (C=O) groups excluding carboxylic acids is 1. The van der Waals surface area contributed by atoms with E-state index in [2.05, 4.69) is 0 Å². The topological polar surface area (TPSA) is 63.7 Å². The summed E-state index contributed by atoms with van der Waals surface area (Å²) in [6, 6.07) is 16.0. The second-order valence-electron chi connectivity index (χ2n) is 5.91. The third kappa shape index (κ3) is 3.76. The van der Waals surface area contributed by atoms with Crippen molar-refractivity contribution >= 4 is 15.7 Å². The van der Waals surface area contributed by atoms with Crippen LogP contribution in [0.2, 0.25) is 0 Å². The number of hydrogen-bond acceptors (Lipinski definition) is 4. The first-order valence-corrected chi connectivity index (χ1v) is 9.57. The molecule has 2 aromatic carbocycles. The van der Waals surface area contributed by atoms with Crippen LogP contribution in [0.3, 0.4) is 0 Å². The van der Waals surface area contributed by atoms with Crippen LogP contribution in [0, 0.1) is 0 Å². The van der Waals surface area contributed by atoms with Crippen LogP contribution in [0.5, 0.6) is 11.5 Å². The first-order valence-electron chi connectivity index (χ1n) is 7.75. The zero-order chi connectivity index (χ0) is 17.2. The molecule has 1 atom stereocenters. The Kier molecular flexibility index (Phi) is 4.57. The quantitative estimate of drug-likeness (QED) is 0.855. The molecule has 0 saturated carbocycles. The average Bonchev–Trinajstić information content (AvgIpc) is 2.95. The molecular weight excluding hydrogens is 326 g/mol. The van der Waals surface area contributed by atoms with Gasteiger partial charge in [-0.3, -0.25) is 4.79 Å². The predicted molar refractivity (Wildman–Crippen MR) is 92.1 cm³/mol. The molecule has 126 valence electrons. The molecule has 1 aliphatic heterocycles. The Hall–Kier alpha value is -2.34. The number of nitrogens with zero attached hydrogens (tertiary/aromatic N) is 1. The second-order valence-corrected chi connectivity index (χ2v) is 8.14. The molecule has 0 spiro atoms. The van der Waals surface area contributed by atoms with Gasteiger partial charge in [-0.15, -0.1) is 0 Å². The van der Waals surface area contributed by atoms with Gasteiger partial charge in [0.2, 0.25) is 0 Å². The molecule has 3 rings (SSSR count). The Morgan fingerprint density at radius 1 is 1.04 bits per heavy atom.